The number of hydrogen-bond donors (Lipinski definition) is 0. The fraction of sp³-hybridized carbons (Fsp3) is 0.208. The average Bonchev–Trinajstić information content (AvgIpc) is 3.19. The van der Waals surface area contributed by atoms with Gasteiger partial charge in [-0.25, -0.2) is 4.98 Å². The third-order valence-corrected chi connectivity index (χ3v) is 6.17. The number of benzene rings is 2. The van der Waals surface area contributed by atoms with E-state index in [2.05, 4.69) is 31.0 Å². The predicted molar refractivity (Wildman–Crippen MR) is 123 cm³/mol. The van der Waals surface area contributed by atoms with Crippen LogP contribution in [0.5, 0.6) is 11.5 Å². The van der Waals surface area contributed by atoms with Crippen molar-refractivity contribution in [2.75, 3.05) is 19.1 Å². The van der Waals surface area contributed by atoms with Gasteiger partial charge in [-0.3, -0.25) is 14.7 Å². The maximum absolute atomic E-state index is 13.7. The SMILES string of the molecule is COc1cc(OC)cc(C(=O)N(Cc2cccnc2)c2nc3cc(C)c(C)cc3s2)c1. The van der Waals surface area contributed by atoms with Crippen LogP contribution < -0.4 is 14.4 Å². The molecule has 0 radical (unpaired) electrons. The Balaban J connectivity index is 1.80. The summed E-state index contributed by atoms with van der Waals surface area (Å²) in [5.41, 5.74) is 4.64. The molecule has 158 valence electrons. The Morgan fingerprint density at radius 2 is 1.74 bits per heavy atom. The number of thiazole rings is 1. The maximum atomic E-state index is 13.7. The smallest absolute Gasteiger partial charge is 0.260 e. The van der Waals surface area contributed by atoms with Gasteiger partial charge in [-0.2, -0.15) is 0 Å². The number of carbonyl (C=O) groups is 1. The van der Waals surface area contributed by atoms with Crippen LogP contribution in [0.4, 0.5) is 5.13 Å². The number of aromatic nitrogens is 2. The van der Waals surface area contributed by atoms with Crippen LogP contribution in [0.25, 0.3) is 10.2 Å². The summed E-state index contributed by atoms with van der Waals surface area (Å²) in [6.07, 6.45) is 3.47. The van der Waals surface area contributed by atoms with E-state index in [-0.39, 0.29) is 5.91 Å². The quantitative estimate of drug-likeness (QED) is 0.420. The molecule has 0 spiro atoms. The number of pyridine rings is 1. The van der Waals surface area contributed by atoms with Crippen molar-refractivity contribution in [3.63, 3.8) is 0 Å². The lowest BCUT2D eigenvalue weighted by Crippen LogP contribution is -2.30. The molecule has 0 saturated heterocycles. The highest BCUT2D eigenvalue weighted by Crippen LogP contribution is 2.33. The van der Waals surface area contributed by atoms with Gasteiger partial charge in [0.2, 0.25) is 0 Å². The van der Waals surface area contributed by atoms with E-state index >= 15 is 0 Å². The summed E-state index contributed by atoms with van der Waals surface area (Å²) >= 11 is 1.50. The van der Waals surface area contributed by atoms with Crippen LogP contribution >= 0.6 is 11.3 Å². The Kier molecular flexibility index (Phi) is 5.86. The zero-order valence-electron chi connectivity index (χ0n) is 17.9. The molecule has 2 aromatic heterocycles. The summed E-state index contributed by atoms with van der Waals surface area (Å²) in [6.45, 7) is 4.49. The van der Waals surface area contributed by atoms with E-state index in [1.807, 2.05) is 12.1 Å². The van der Waals surface area contributed by atoms with Gasteiger partial charge >= 0.3 is 0 Å². The van der Waals surface area contributed by atoms with Crippen molar-refractivity contribution in [1.29, 1.82) is 0 Å². The summed E-state index contributed by atoms with van der Waals surface area (Å²) in [5.74, 6) is 0.924. The molecule has 31 heavy (non-hydrogen) atoms. The van der Waals surface area contributed by atoms with Crippen LogP contribution in [0.3, 0.4) is 0 Å². The maximum Gasteiger partial charge on any atom is 0.260 e. The Hall–Kier alpha value is -3.45. The fourth-order valence-corrected chi connectivity index (χ4v) is 4.31. The first-order valence-corrected chi connectivity index (χ1v) is 10.6. The van der Waals surface area contributed by atoms with Crippen molar-refractivity contribution in [3.8, 4) is 11.5 Å². The van der Waals surface area contributed by atoms with Crippen LogP contribution in [0.2, 0.25) is 0 Å². The highest BCUT2D eigenvalue weighted by molar-refractivity contribution is 7.22. The van der Waals surface area contributed by atoms with Crippen molar-refractivity contribution in [1.82, 2.24) is 9.97 Å². The zero-order chi connectivity index (χ0) is 22.0. The lowest BCUT2D eigenvalue weighted by molar-refractivity contribution is 0.0984. The molecule has 0 aliphatic heterocycles. The lowest BCUT2D eigenvalue weighted by Gasteiger charge is -2.20. The minimum absolute atomic E-state index is 0.187. The van der Waals surface area contributed by atoms with Gasteiger partial charge < -0.3 is 9.47 Å². The highest BCUT2D eigenvalue weighted by Gasteiger charge is 2.23. The summed E-state index contributed by atoms with van der Waals surface area (Å²) in [4.78, 5) is 24.3. The Labute approximate surface area is 185 Å². The van der Waals surface area contributed by atoms with Crippen LogP contribution in [0.15, 0.2) is 54.9 Å². The standard InChI is InChI=1S/C24H23N3O3S/c1-15-8-21-22(9-16(15)2)31-24(26-21)27(14-17-6-5-7-25-13-17)23(28)18-10-19(29-3)12-20(11-18)30-4/h5-13H,14H2,1-4H3. The van der Waals surface area contributed by atoms with E-state index in [1.54, 1.807) is 49.7 Å². The molecule has 0 bridgehead atoms. The Morgan fingerprint density at radius 1 is 1.03 bits per heavy atom. The first kappa shape index (κ1) is 20.8. The van der Waals surface area contributed by atoms with Crippen LogP contribution in [0.1, 0.15) is 27.0 Å². The number of nitrogens with zero attached hydrogens (tertiary/aromatic N) is 3. The molecule has 0 aliphatic rings. The lowest BCUT2D eigenvalue weighted by atomic mass is 10.1. The largest absolute Gasteiger partial charge is 0.497 e. The molecule has 0 saturated carbocycles. The molecule has 2 aromatic carbocycles. The molecule has 0 atom stereocenters. The summed E-state index contributed by atoms with van der Waals surface area (Å²) in [7, 11) is 3.13. The number of hydrogen-bond acceptors (Lipinski definition) is 6. The molecule has 6 nitrogen and oxygen atoms in total. The van der Waals surface area contributed by atoms with Crippen molar-refractivity contribution in [3.05, 3.63) is 77.1 Å². The number of aryl methyl sites for hydroxylation is 2. The normalized spacial score (nSPS) is 10.8. The van der Waals surface area contributed by atoms with Crippen LogP contribution in [0, 0.1) is 13.8 Å². The van der Waals surface area contributed by atoms with E-state index in [4.69, 9.17) is 14.5 Å². The molecule has 2 heterocycles. The number of fused-ring (bicyclic) bond motifs is 1. The van der Waals surface area contributed by atoms with Gasteiger partial charge in [0.1, 0.15) is 11.5 Å². The number of rotatable bonds is 6. The van der Waals surface area contributed by atoms with E-state index in [0.29, 0.717) is 28.7 Å². The topological polar surface area (TPSA) is 64.6 Å². The zero-order valence-corrected chi connectivity index (χ0v) is 18.7. The summed E-state index contributed by atoms with van der Waals surface area (Å²) in [5, 5.41) is 0.635. The van der Waals surface area contributed by atoms with E-state index in [9.17, 15) is 4.79 Å². The predicted octanol–water partition coefficient (Wildman–Crippen LogP) is 5.17. The minimum Gasteiger partial charge on any atom is -0.497 e. The second kappa shape index (κ2) is 8.73. The van der Waals surface area contributed by atoms with E-state index in [0.717, 1.165) is 15.8 Å². The molecular weight excluding hydrogens is 410 g/mol. The van der Waals surface area contributed by atoms with Gasteiger partial charge in [0, 0.05) is 24.0 Å². The Morgan fingerprint density at radius 3 is 2.39 bits per heavy atom. The highest BCUT2D eigenvalue weighted by atomic mass is 32.1. The molecule has 0 fully saturated rings. The van der Waals surface area contributed by atoms with Gasteiger partial charge in [0.05, 0.1) is 31.0 Å². The van der Waals surface area contributed by atoms with Crippen molar-refractivity contribution in [2.24, 2.45) is 0 Å². The molecule has 1 amide bonds. The van der Waals surface area contributed by atoms with Crippen molar-refractivity contribution >= 4 is 32.6 Å². The van der Waals surface area contributed by atoms with Crippen molar-refractivity contribution < 1.29 is 14.3 Å². The van der Waals surface area contributed by atoms with Gasteiger partial charge in [0.15, 0.2) is 5.13 Å². The second-order valence-electron chi connectivity index (χ2n) is 7.25. The van der Waals surface area contributed by atoms with E-state index < -0.39 is 0 Å². The second-order valence-corrected chi connectivity index (χ2v) is 8.26. The van der Waals surface area contributed by atoms with Gasteiger partial charge in [-0.15, -0.1) is 0 Å². The van der Waals surface area contributed by atoms with Gasteiger partial charge in [-0.05, 0) is 60.9 Å². The van der Waals surface area contributed by atoms with E-state index in [1.165, 1.54) is 22.5 Å². The molecule has 7 heteroatoms. The third kappa shape index (κ3) is 4.36. The molecule has 4 rings (SSSR count). The van der Waals surface area contributed by atoms with Crippen LogP contribution in [-0.2, 0) is 6.54 Å². The number of methoxy groups -OCH3 is 2. The summed E-state index contributed by atoms with van der Waals surface area (Å²) in [6, 6.07) is 13.1. The number of amides is 1. The molecule has 0 N–H and O–H groups in total. The molecular formula is C24H23N3O3S. The molecule has 4 aromatic rings. The molecule has 0 aliphatic carbocycles. The minimum atomic E-state index is -0.187. The Bertz CT molecular complexity index is 1180. The van der Waals surface area contributed by atoms with Crippen molar-refractivity contribution in [2.45, 2.75) is 20.4 Å². The first-order valence-electron chi connectivity index (χ1n) is 9.80. The monoisotopic (exact) mass is 433 g/mol. The number of anilines is 1. The number of carbonyl (C=O) groups excluding carboxylic acids is 1. The average molecular weight is 434 g/mol. The van der Waals surface area contributed by atoms with Crippen LogP contribution in [-0.4, -0.2) is 30.1 Å². The fourth-order valence-electron chi connectivity index (χ4n) is 3.27. The van der Waals surface area contributed by atoms with Gasteiger partial charge in [0.25, 0.3) is 5.91 Å². The third-order valence-electron chi connectivity index (χ3n) is 5.13. The van der Waals surface area contributed by atoms with Gasteiger partial charge in [-0.1, -0.05) is 17.4 Å². The summed E-state index contributed by atoms with van der Waals surface area (Å²) < 4.78 is 11.8. The first-order chi connectivity index (χ1) is 15.0. The number of ether oxygens (including phenoxy) is 2. The molecule has 0 unspecified atom stereocenters.